The second-order valence-corrected chi connectivity index (χ2v) is 10.1. The lowest BCUT2D eigenvalue weighted by Crippen LogP contribution is -2.53. The van der Waals surface area contributed by atoms with E-state index in [1.807, 2.05) is 6.07 Å². The molecule has 2 saturated heterocycles. The van der Waals surface area contributed by atoms with Crippen LogP contribution in [0.25, 0.3) is 0 Å². The van der Waals surface area contributed by atoms with Gasteiger partial charge in [-0.2, -0.15) is 5.10 Å². The number of anilines is 1. The molecule has 3 amide bonds. The van der Waals surface area contributed by atoms with Crippen molar-refractivity contribution in [1.82, 2.24) is 24.9 Å². The Bertz CT molecular complexity index is 1250. The number of rotatable bonds is 9. The first kappa shape index (κ1) is 27.2. The number of nitrogens with zero attached hydrogens (tertiary/aromatic N) is 4. The minimum absolute atomic E-state index is 0.0183. The van der Waals surface area contributed by atoms with Crippen molar-refractivity contribution in [2.75, 3.05) is 38.6 Å². The zero-order valence-corrected chi connectivity index (χ0v) is 21.4. The number of fused-ring (bicyclic) bond motifs is 1. The van der Waals surface area contributed by atoms with E-state index in [4.69, 9.17) is 10.5 Å². The topological polar surface area (TPSA) is 143 Å². The monoisotopic (exact) mass is 546 g/mol. The predicted octanol–water partition coefficient (Wildman–Crippen LogP) is 1.55. The van der Waals surface area contributed by atoms with E-state index in [1.165, 1.54) is 6.20 Å². The summed E-state index contributed by atoms with van der Waals surface area (Å²) in [6.45, 7) is 3.14. The number of aliphatic hydroxyl groups excluding tert-OH is 1. The van der Waals surface area contributed by atoms with Crippen LogP contribution in [0, 0.1) is 0 Å². The first-order chi connectivity index (χ1) is 18.7. The Balaban J connectivity index is 1.09. The highest BCUT2D eigenvalue weighted by Crippen LogP contribution is 2.37. The van der Waals surface area contributed by atoms with E-state index < -0.39 is 30.5 Å². The van der Waals surface area contributed by atoms with Crippen LogP contribution < -0.4 is 11.1 Å². The number of likely N-dealkylation sites (tertiary alicyclic amines) is 1. The van der Waals surface area contributed by atoms with Crippen molar-refractivity contribution in [2.45, 2.75) is 56.8 Å². The van der Waals surface area contributed by atoms with Crippen molar-refractivity contribution in [3.05, 3.63) is 46.8 Å². The molecule has 4 N–H and O–H groups in total. The third kappa shape index (κ3) is 5.52. The molecule has 0 saturated carbocycles. The van der Waals surface area contributed by atoms with E-state index in [0.29, 0.717) is 37.3 Å². The Labute approximate surface area is 223 Å². The van der Waals surface area contributed by atoms with Crippen LogP contribution in [0.2, 0.25) is 0 Å². The summed E-state index contributed by atoms with van der Waals surface area (Å²) in [6, 6.07) is 4.38. The average molecular weight is 547 g/mol. The van der Waals surface area contributed by atoms with Crippen LogP contribution in [0.4, 0.5) is 14.5 Å². The number of halogens is 2. The molecule has 5 rings (SSSR count). The van der Waals surface area contributed by atoms with Gasteiger partial charge in [0, 0.05) is 37.8 Å². The van der Waals surface area contributed by atoms with E-state index >= 15 is 0 Å². The zero-order valence-electron chi connectivity index (χ0n) is 21.4. The number of carbonyl (C=O) groups is 3. The molecule has 2 aromatic rings. The molecule has 3 aliphatic rings. The molecular weight excluding hydrogens is 514 g/mol. The van der Waals surface area contributed by atoms with Gasteiger partial charge in [-0.3, -0.25) is 29.3 Å². The van der Waals surface area contributed by atoms with Gasteiger partial charge in [-0.05, 0) is 31.2 Å². The van der Waals surface area contributed by atoms with Crippen molar-refractivity contribution < 1.29 is 33.0 Å². The first-order valence-corrected chi connectivity index (χ1v) is 13.1. The van der Waals surface area contributed by atoms with Crippen molar-refractivity contribution in [3.8, 4) is 0 Å². The van der Waals surface area contributed by atoms with Crippen LogP contribution in [0.3, 0.4) is 0 Å². The summed E-state index contributed by atoms with van der Waals surface area (Å²) >= 11 is 0. The van der Waals surface area contributed by atoms with Crippen molar-refractivity contribution in [1.29, 1.82) is 0 Å². The number of hydrogen-bond donors (Lipinski definition) is 3. The van der Waals surface area contributed by atoms with Crippen LogP contribution in [0.15, 0.2) is 24.4 Å². The maximum atomic E-state index is 13.2. The molecule has 0 radical (unpaired) electrons. The quantitative estimate of drug-likeness (QED) is 0.318. The molecule has 1 aromatic heterocycles. The number of amides is 3. The summed E-state index contributed by atoms with van der Waals surface area (Å²) in [4.78, 5) is 40.5. The molecule has 11 nitrogen and oxygen atoms in total. The Morgan fingerprint density at radius 2 is 1.92 bits per heavy atom. The van der Waals surface area contributed by atoms with Crippen LogP contribution in [0.1, 0.15) is 71.6 Å². The second-order valence-electron chi connectivity index (χ2n) is 10.1. The lowest BCUT2D eigenvalue weighted by Gasteiger charge is -2.32. The minimum atomic E-state index is -2.69. The van der Waals surface area contributed by atoms with Gasteiger partial charge in [-0.1, -0.05) is 18.2 Å². The number of nitrogens with two attached hydrogens (primary N) is 1. The van der Waals surface area contributed by atoms with Crippen LogP contribution in [-0.2, 0) is 20.7 Å². The molecule has 0 bridgehead atoms. The highest BCUT2D eigenvalue weighted by Gasteiger charge is 2.45. The molecule has 2 unspecified atom stereocenters. The Morgan fingerprint density at radius 1 is 1.15 bits per heavy atom. The van der Waals surface area contributed by atoms with E-state index in [0.717, 1.165) is 36.4 Å². The summed E-state index contributed by atoms with van der Waals surface area (Å²) in [7, 11) is 0. The zero-order chi connectivity index (χ0) is 27.7. The fourth-order valence-corrected chi connectivity index (χ4v) is 5.62. The third-order valence-electron chi connectivity index (χ3n) is 7.71. The number of ether oxygens (including phenoxy) is 1. The lowest BCUT2D eigenvalue weighted by molar-refractivity contribution is -0.139. The standard InChI is InChI=1S/C26H32F2N6O5/c27-23(28)22-18(29)14-33(31-22)16-6-9-32(10-7-16)11-13-39-12-8-15-2-1-3-17-21(15)26(38)34(25(17)37)19-4-5-20(35)30-24(19)36/h1-3,14,16,19,23,25,37H,4-13,29H2,(H,30,35,36). The molecular formula is C26H32F2N6O5. The number of hydrogen-bond acceptors (Lipinski definition) is 8. The molecule has 0 aliphatic carbocycles. The van der Waals surface area contributed by atoms with Crippen molar-refractivity contribution in [2.24, 2.45) is 0 Å². The number of piperidine rings is 2. The van der Waals surface area contributed by atoms with Crippen molar-refractivity contribution in [3.63, 3.8) is 0 Å². The Kier molecular flexibility index (Phi) is 7.91. The lowest BCUT2D eigenvalue weighted by atomic mass is 10.0. The normalized spacial score (nSPS) is 22.6. The maximum Gasteiger partial charge on any atom is 0.284 e. The SMILES string of the molecule is Nc1cn(C2CCN(CCOCCc3cccc4c3C(=O)N(C3CCC(=O)NC3=O)C4O)CC2)nc1C(F)F. The van der Waals surface area contributed by atoms with Gasteiger partial charge in [-0.25, -0.2) is 8.78 Å². The second kappa shape index (κ2) is 11.4. The number of nitrogens with one attached hydrogen (secondary N) is 1. The fraction of sp³-hybridized carbons (Fsp3) is 0.538. The van der Waals surface area contributed by atoms with E-state index in [9.17, 15) is 28.3 Å². The van der Waals surface area contributed by atoms with Gasteiger partial charge in [0.25, 0.3) is 12.3 Å². The van der Waals surface area contributed by atoms with Gasteiger partial charge in [0.1, 0.15) is 6.04 Å². The number of aliphatic hydroxyl groups is 1. The molecule has 4 heterocycles. The number of alkyl halides is 2. The van der Waals surface area contributed by atoms with Crippen molar-refractivity contribution >= 4 is 23.4 Å². The number of benzene rings is 1. The first-order valence-electron chi connectivity index (χ1n) is 13.1. The highest BCUT2D eigenvalue weighted by molar-refractivity contribution is 6.06. The molecule has 0 spiro atoms. The van der Waals surface area contributed by atoms with Gasteiger partial charge in [0.2, 0.25) is 11.8 Å². The molecule has 2 fully saturated rings. The maximum absolute atomic E-state index is 13.2. The molecule has 13 heteroatoms. The fourth-order valence-electron chi connectivity index (χ4n) is 5.62. The summed E-state index contributed by atoms with van der Waals surface area (Å²) in [6.07, 6.45) is -0.169. The molecule has 2 atom stereocenters. The summed E-state index contributed by atoms with van der Waals surface area (Å²) in [5.74, 6) is -1.39. The Morgan fingerprint density at radius 3 is 2.62 bits per heavy atom. The molecule has 39 heavy (non-hydrogen) atoms. The van der Waals surface area contributed by atoms with Crippen LogP contribution in [0.5, 0.6) is 0 Å². The number of carbonyl (C=O) groups excluding carboxylic acids is 3. The van der Waals surface area contributed by atoms with Gasteiger partial charge >= 0.3 is 0 Å². The molecule has 1 aromatic carbocycles. The summed E-state index contributed by atoms with van der Waals surface area (Å²) < 4.78 is 33.3. The largest absolute Gasteiger partial charge is 0.396 e. The number of aromatic nitrogens is 2. The van der Waals surface area contributed by atoms with Gasteiger partial charge in [0.15, 0.2) is 11.9 Å². The van der Waals surface area contributed by atoms with Gasteiger partial charge in [0.05, 0.1) is 30.5 Å². The molecule has 3 aliphatic heterocycles. The van der Waals surface area contributed by atoms with Gasteiger partial charge < -0.3 is 20.5 Å². The smallest absolute Gasteiger partial charge is 0.284 e. The summed E-state index contributed by atoms with van der Waals surface area (Å²) in [5.41, 5.74) is 6.87. The van der Waals surface area contributed by atoms with Crippen LogP contribution >= 0.6 is 0 Å². The van der Waals surface area contributed by atoms with E-state index in [2.05, 4.69) is 15.3 Å². The van der Waals surface area contributed by atoms with E-state index in [-0.39, 0.29) is 36.2 Å². The Hall–Kier alpha value is -3.42. The molecule has 210 valence electrons. The number of imide groups is 1. The van der Waals surface area contributed by atoms with Gasteiger partial charge in [-0.15, -0.1) is 0 Å². The predicted molar refractivity (Wildman–Crippen MR) is 135 cm³/mol. The van der Waals surface area contributed by atoms with E-state index in [1.54, 1.807) is 16.8 Å². The third-order valence-corrected chi connectivity index (χ3v) is 7.71. The highest BCUT2D eigenvalue weighted by atomic mass is 19.3. The summed E-state index contributed by atoms with van der Waals surface area (Å²) in [5, 5.41) is 17.0. The number of nitrogen functional groups attached to an aromatic ring is 1. The van der Waals surface area contributed by atoms with Crippen LogP contribution in [-0.4, -0.2) is 81.3 Å². The average Bonchev–Trinajstić information content (AvgIpc) is 3.42. The minimum Gasteiger partial charge on any atom is -0.396 e.